The second-order valence-corrected chi connectivity index (χ2v) is 7.38. The molecule has 0 fully saturated rings. The summed E-state index contributed by atoms with van der Waals surface area (Å²) in [6, 6.07) is 14.6. The zero-order chi connectivity index (χ0) is 23.1. The normalized spacial score (nSPS) is 14.9. The minimum Gasteiger partial charge on any atom is -0.496 e. The summed E-state index contributed by atoms with van der Waals surface area (Å²) in [4.78, 5) is 33.1. The molecule has 166 valence electrons. The number of amides is 1. The Morgan fingerprint density at radius 3 is 2.27 bits per heavy atom. The molecular weight excluding hydrogens is 424 g/mol. The quantitative estimate of drug-likeness (QED) is 0.460. The van der Waals surface area contributed by atoms with Crippen molar-refractivity contribution in [1.29, 1.82) is 0 Å². The second-order valence-electron chi connectivity index (χ2n) is 7.38. The van der Waals surface area contributed by atoms with Crippen LogP contribution in [0.5, 0.6) is 17.2 Å². The number of methoxy groups -OCH3 is 3. The first-order valence-electron chi connectivity index (χ1n) is 10.2. The average molecular weight is 444 g/mol. The number of rotatable bonds is 5. The van der Waals surface area contributed by atoms with Gasteiger partial charge in [-0.1, -0.05) is 18.2 Å². The third-order valence-corrected chi connectivity index (χ3v) is 5.70. The van der Waals surface area contributed by atoms with E-state index in [0.717, 1.165) is 0 Å². The Bertz CT molecular complexity index is 1430. The maximum atomic E-state index is 13.6. The molecule has 1 unspecified atom stereocenters. The van der Waals surface area contributed by atoms with Crippen LogP contribution >= 0.6 is 0 Å². The van der Waals surface area contributed by atoms with Gasteiger partial charge in [0.2, 0.25) is 5.76 Å². The highest BCUT2D eigenvalue weighted by Gasteiger charge is 2.45. The van der Waals surface area contributed by atoms with E-state index in [9.17, 15) is 9.59 Å². The number of carbonyl (C=O) groups is 1. The average Bonchev–Trinajstić information content (AvgIpc) is 3.16. The predicted octanol–water partition coefficient (Wildman–Crippen LogP) is 3.96. The minimum absolute atomic E-state index is 0.0220. The molecule has 4 aromatic rings. The molecule has 0 spiro atoms. The van der Waals surface area contributed by atoms with Crippen molar-refractivity contribution in [2.24, 2.45) is 0 Å². The van der Waals surface area contributed by atoms with E-state index in [-0.39, 0.29) is 16.8 Å². The van der Waals surface area contributed by atoms with Crippen LogP contribution in [0.2, 0.25) is 0 Å². The van der Waals surface area contributed by atoms with Crippen molar-refractivity contribution in [3.63, 3.8) is 0 Å². The monoisotopic (exact) mass is 444 g/mol. The molecule has 0 saturated carbocycles. The summed E-state index contributed by atoms with van der Waals surface area (Å²) < 4.78 is 22.5. The number of carbonyl (C=O) groups excluding carboxylic acids is 1. The molecule has 0 radical (unpaired) electrons. The van der Waals surface area contributed by atoms with Gasteiger partial charge in [0.05, 0.1) is 32.3 Å². The smallest absolute Gasteiger partial charge is 0.296 e. The highest BCUT2D eigenvalue weighted by atomic mass is 16.5. The topological polar surface area (TPSA) is 91.1 Å². The molecule has 8 heteroatoms. The first kappa shape index (κ1) is 20.6. The molecule has 1 aliphatic heterocycles. The van der Waals surface area contributed by atoms with E-state index >= 15 is 0 Å². The maximum Gasteiger partial charge on any atom is 0.296 e. The maximum absolute atomic E-state index is 13.6. The lowest BCUT2D eigenvalue weighted by atomic mass is 9.97. The number of hydrogen-bond acceptors (Lipinski definition) is 7. The first-order chi connectivity index (χ1) is 16.1. The highest BCUT2D eigenvalue weighted by molar-refractivity contribution is 6.10. The van der Waals surface area contributed by atoms with Crippen LogP contribution in [-0.2, 0) is 0 Å². The molecule has 5 rings (SSSR count). The molecule has 1 aliphatic rings. The Morgan fingerprint density at radius 1 is 0.879 bits per heavy atom. The third-order valence-electron chi connectivity index (χ3n) is 5.70. The number of fused-ring (bicyclic) bond motifs is 2. The van der Waals surface area contributed by atoms with Gasteiger partial charge in [0.1, 0.15) is 23.2 Å². The molecular formula is C25H20N2O6. The van der Waals surface area contributed by atoms with Gasteiger partial charge in [-0.3, -0.25) is 14.5 Å². The van der Waals surface area contributed by atoms with Gasteiger partial charge >= 0.3 is 0 Å². The molecule has 8 nitrogen and oxygen atoms in total. The van der Waals surface area contributed by atoms with Crippen LogP contribution in [-0.4, -0.2) is 32.2 Å². The Balaban J connectivity index is 1.86. The highest BCUT2D eigenvalue weighted by Crippen LogP contribution is 2.46. The van der Waals surface area contributed by atoms with Gasteiger partial charge in [-0.25, -0.2) is 4.98 Å². The van der Waals surface area contributed by atoms with E-state index < -0.39 is 11.9 Å². The predicted molar refractivity (Wildman–Crippen MR) is 121 cm³/mol. The van der Waals surface area contributed by atoms with Gasteiger partial charge in [-0.05, 0) is 30.3 Å². The van der Waals surface area contributed by atoms with E-state index in [4.69, 9.17) is 18.6 Å². The summed E-state index contributed by atoms with van der Waals surface area (Å²) in [7, 11) is 4.54. The van der Waals surface area contributed by atoms with E-state index in [2.05, 4.69) is 4.98 Å². The molecule has 2 aromatic heterocycles. The SMILES string of the molecule is COc1cc(OC)c(C2c3c(oc4ccccc4c3=O)C(=O)N2c2ccccn2)cc1OC. The van der Waals surface area contributed by atoms with E-state index in [1.54, 1.807) is 60.8 Å². The summed E-state index contributed by atoms with van der Waals surface area (Å²) in [5.41, 5.74) is 0.807. The number of pyridine rings is 1. The Labute approximate surface area is 188 Å². The second kappa shape index (κ2) is 7.98. The fourth-order valence-corrected chi connectivity index (χ4v) is 4.21. The van der Waals surface area contributed by atoms with Crippen molar-refractivity contribution in [3.05, 3.63) is 87.9 Å². The minimum atomic E-state index is -0.849. The summed E-state index contributed by atoms with van der Waals surface area (Å²) >= 11 is 0. The standard InChI is InChI=1S/C25H20N2O6/c1-30-17-13-19(32-3)18(31-2)12-15(17)22-21-23(28)14-8-4-5-9-16(14)33-24(21)25(29)27(22)20-10-6-7-11-26-20/h4-13,22H,1-3H3. The van der Waals surface area contributed by atoms with Crippen molar-refractivity contribution in [2.75, 3.05) is 26.2 Å². The van der Waals surface area contributed by atoms with Crippen LogP contribution < -0.4 is 24.5 Å². The van der Waals surface area contributed by atoms with Gasteiger partial charge in [-0.2, -0.15) is 0 Å². The molecule has 0 N–H and O–H groups in total. The van der Waals surface area contributed by atoms with Crippen molar-refractivity contribution in [1.82, 2.24) is 4.98 Å². The zero-order valence-electron chi connectivity index (χ0n) is 18.2. The van der Waals surface area contributed by atoms with Gasteiger partial charge in [0.15, 0.2) is 16.9 Å². The number of ether oxygens (including phenoxy) is 3. The molecule has 3 heterocycles. The van der Waals surface area contributed by atoms with Crippen molar-refractivity contribution in [3.8, 4) is 17.2 Å². The number of aromatic nitrogens is 1. The van der Waals surface area contributed by atoms with E-state index in [1.165, 1.54) is 26.2 Å². The fourth-order valence-electron chi connectivity index (χ4n) is 4.21. The largest absolute Gasteiger partial charge is 0.496 e. The van der Waals surface area contributed by atoms with Crippen molar-refractivity contribution >= 4 is 22.7 Å². The summed E-state index contributed by atoms with van der Waals surface area (Å²) in [5.74, 6) is 1.20. The van der Waals surface area contributed by atoms with Crippen LogP contribution in [0.15, 0.2) is 70.0 Å². The zero-order valence-corrected chi connectivity index (χ0v) is 18.2. The van der Waals surface area contributed by atoms with Crippen LogP contribution in [0.25, 0.3) is 11.0 Å². The van der Waals surface area contributed by atoms with Crippen LogP contribution in [0.3, 0.4) is 0 Å². The summed E-state index contributed by atoms with van der Waals surface area (Å²) in [5, 5.41) is 0.386. The van der Waals surface area contributed by atoms with Gasteiger partial charge in [0.25, 0.3) is 5.91 Å². The number of anilines is 1. The molecule has 33 heavy (non-hydrogen) atoms. The molecule has 1 amide bonds. The van der Waals surface area contributed by atoms with Crippen molar-refractivity contribution < 1.29 is 23.4 Å². The molecule has 0 aliphatic carbocycles. The number of para-hydroxylation sites is 1. The fraction of sp³-hybridized carbons (Fsp3) is 0.160. The van der Waals surface area contributed by atoms with Crippen LogP contribution in [0, 0.1) is 0 Å². The molecule has 1 atom stereocenters. The van der Waals surface area contributed by atoms with Gasteiger partial charge in [-0.15, -0.1) is 0 Å². The van der Waals surface area contributed by atoms with E-state index in [1.807, 2.05) is 0 Å². The van der Waals surface area contributed by atoms with Crippen LogP contribution in [0.4, 0.5) is 5.82 Å². The number of benzene rings is 2. The lowest BCUT2D eigenvalue weighted by Gasteiger charge is -2.26. The number of nitrogens with zero attached hydrogens (tertiary/aromatic N) is 2. The van der Waals surface area contributed by atoms with Gasteiger partial charge < -0.3 is 18.6 Å². The molecule has 0 saturated heterocycles. The van der Waals surface area contributed by atoms with Crippen LogP contribution in [0.1, 0.15) is 27.7 Å². The lowest BCUT2D eigenvalue weighted by molar-refractivity contribution is 0.0970. The number of hydrogen-bond donors (Lipinski definition) is 0. The Hall–Kier alpha value is -4.33. The molecule has 0 bridgehead atoms. The third kappa shape index (κ3) is 3.10. The van der Waals surface area contributed by atoms with Crippen molar-refractivity contribution in [2.45, 2.75) is 6.04 Å². The first-order valence-corrected chi connectivity index (χ1v) is 10.2. The lowest BCUT2D eigenvalue weighted by Crippen LogP contribution is -2.30. The summed E-state index contributed by atoms with van der Waals surface area (Å²) in [6.07, 6.45) is 1.58. The molecule has 2 aromatic carbocycles. The summed E-state index contributed by atoms with van der Waals surface area (Å²) in [6.45, 7) is 0. The van der Waals surface area contributed by atoms with E-state index in [0.29, 0.717) is 39.6 Å². The van der Waals surface area contributed by atoms with Gasteiger partial charge in [0, 0.05) is 17.8 Å². The Kier molecular flexibility index (Phi) is 4.97. The Morgan fingerprint density at radius 2 is 1.58 bits per heavy atom.